The molecule has 2 heterocycles. The molecule has 4 nitrogen and oxygen atoms in total. The van der Waals surface area contributed by atoms with Crippen LogP contribution < -0.4 is 5.32 Å². The van der Waals surface area contributed by atoms with Gasteiger partial charge in [-0.3, -0.25) is 9.59 Å². The van der Waals surface area contributed by atoms with Crippen molar-refractivity contribution in [3.63, 3.8) is 0 Å². The highest BCUT2D eigenvalue weighted by Gasteiger charge is 2.30. The maximum Gasteiger partial charge on any atom is 0.257 e. The summed E-state index contributed by atoms with van der Waals surface area (Å²) in [5.74, 6) is -0.0198. The van der Waals surface area contributed by atoms with Gasteiger partial charge in [0.05, 0.1) is 5.56 Å². The summed E-state index contributed by atoms with van der Waals surface area (Å²) in [6.07, 6.45) is 7.58. The maximum absolute atomic E-state index is 13.3. The Labute approximate surface area is 164 Å². The Morgan fingerprint density at radius 2 is 1.74 bits per heavy atom. The summed E-state index contributed by atoms with van der Waals surface area (Å²) in [7, 11) is 0. The van der Waals surface area contributed by atoms with Gasteiger partial charge in [-0.2, -0.15) is 0 Å². The van der Waals surface area contributed by atoms with Crippen LogP contribution in [0.5, 0.6) is 0 Å². The first kappa shape index (κ1) is 18.2. The summed E-state index contributed by atoms with van der Waals surface area (Å²) in [4.78, 5) is 29.4. The van der Waals surface area contributed by atoms with Crippen LogP contribution in [0, 0.1) is 6.92 Å². The van der Waals surface area contributed by atoms with Crippen molar-refractivity contribution in [1.29, 1.82) is 0 Å². The lowest BCUT2D eigenvalue weighted by atomic mass is 9.94. The van der Waals surface area contributed by atoms with Gasteiger partial charge in [-0.1, -0.05) is 18.2 Å². The number of nitrogens with zero attached hydrogens (tertiary/aromatic N) is 1. The largest absolute Gasteiger partial charge is 0.339 e. The van der Waals surface area contributed by atoms with E-state index < -0.39 is 0 Å². The number of hydrogen-bond acceptors (Lipinski definition) is 3. The second kappa shape index (κ2) is 7.85. The fourth-order valence-corrected chi connectivity index (χ4v) is 5.41. The number of fused-ring (bicyclic) bond motifs is 1. The lowest BCUT2D eigenvalue weighted by molar-refractivity contribution is 0.0724. The number of anilines is 1. The predicted octanol–water partition coefficient (Wildman–Crippen LogP) is 4.81. The van der Waals surface area contributed by atoms with Crippen LogP contribution in [-0.2, 0) is 12.8 Å². The van der Waals surface area contributed by atoms with E-state index in [1.165, 1.54) is 16.9 Å². The molecule has 1 aromatic heterocycles. The quantitative estimate of drug-likeness (QED) is 0.828. The standard InChI is InChI=1S/C22H26N2O2S/c1-15-9-3-4-10-16(15)20(25)23-21-19(17-11-5-6-12-18(17)27-21)22(26)24-13-7-2-8-14-24/h3-4,9-10H,2,5-8,11-14H2,1H3,(H,23,25). The first-order chi connectivity index (χ1) is 13.1. The average Bonchev–Trinajstić information content (AvgIpc) is 3.06. The van der Waals surface area contributed by atoms with E-state index in [4.69, 9.17) is 0 Å². The van der Waals surface area contributed by atoms with Crippen LogP contribution in [0.3, 0.4) is 0 Å². The number of benzene rings is 1. The number of carbonyl (C=O) groups is 2. The number of thiophene rings is 1. The van der Waals surface area contributed by atoms with Crippen LogP contribution >= 0.6 is 11.3 Å². The van der Waals surface area contributed by atoms with Gasteiger partial charge in [0.2, 0.25) is 0 Å². The third kappa shape index (κ3) is 3.65. The molecule has 0 unspecified atom stereocenters. The molecule has 4 rings (SSSR count). The minimum Gasteiger partial charge on any atom is -0.339 e. The van der Waals surface area contributed by atoms with Gasteiger partial charge in [0, 0.05) is 23.5 Å². The molecule has 1 aliphatic heterocycles. The number of rotatable bonds is 3. The van der Waals surface area contributed by atoms with Gasteiger partial charge in [0.1, 0.15) is 5.00 Å². The summed E-state index contributed by atoms with van der Waals surface area (Å²) in [5, 5.41) is 3.82. The van der Waals surface area contributed by atoms with Crippen molar-refractivity contribution in [2.75, 3.05) is 18.4 Å². The minimum absolute atomic E-state index is 0.106. The average molecular weight is 383 g/mol. The molecule has 2 aromatic rings. The minimum atomic E-state index is -0.126. The molecule has 1 saturated heterocycles. The van der Waals surface area contributed by atoms with E-state index in [0.717, 1.165) is 67.7 Å². The molecule has 1 aliphatic carbocycles. The van der Waals surface area contributed by atoms with E-state index in [9.17, 15) is 9.59 Å². The second-order valence-electron chi connectivity index (χ2n) is 7.54. The zero-order valence-corrected chi connectivity index (χ0v) is 16.7. The van der Waals surface area contributed by atoms with Gasteiger partial charge in [0.25, 0.3) is 11.8 Å². The van der Waals surface area contributed by atoms with E-state index in [1.807, 2.05) is 36.1 Å². The fourth-order valence-electron chi connectivity index (χ4n) is 4.13. The van der Waals surface area contributed by atoms with Crippen LogP contribution in [0.25, 0.3) is 0 Å². The molecule has 142 valence electrons. The highest BCUT2D eigenvalue weighted by atomic mass is 32.1. The Kier molecular flexibility index (Phi) is 5.30. The van der Waals surface area contributed by atoms with E-state index in [1.54, 1.807) is 11.3 Å². The summed E-state index contributed by atoms with van der Waals surface area (Å²) >= 11 is 1.60. The highest BCUT2D eigenvalue weighted by Crippen LogP contribution is 2.39. The van der Waals surface area contributed by atoms with Crippen LogP contribution in [0.15, 0.2) is 24.3 Å². The molecule has 1 fully saturated rings. The highest BCUT2D eigenvalue weighted by molar-refractivity contribution is 7.17. The molecule has 0 atom stereocenters. The second-order valence-corrected chi connectivity index (χ2v) is 8.64. The van der Waals surface area contributed by atoms with Gasteiger partial charge in [-0.15, -0.1) is 11.3 Å². The summed E-state index contributed by atoms with van der Waals surface area (Å²) in [6, 6.07) is 7.58. The first-order valence-electron chi connectivity index (χ1n) is 9.96. The Bertz CT molecular complexity index is 865. The Morgan fingerprint density at radius 1 is 1.00 bits per heavy atom. The topological polar surface area (TPSA) is 49.4 Å². The Balaban J connectivity index is 1.67. The van der Waals surface area contributed by atoms with Gasteiger partial charge < -0.3 is 10.2 Å². The first-order valence-corrected chi connectivity index (χ1v) is 10.8. The number of nitrogens with one attached hydrogen (secondary N) is 1. The monoisotopic (exact) mass is 382 g/mol. The summed E-state index contributed by atoms with van der Waals surface area (Å²) in [6.45, 7) is 3.59. The van der Waals surface area contributed by atoms with Crippen molar-refractivity contribution in [3.05, 3.63) is 51.4 Å². The van der Waals surface area contributed by atoms with Crippen LogP contribution in [0.4, 0.5) is 5.00 Å². The number of hydrogen-bond donors (Lipinski definition) is 1. The van der Waals surface area contributed by atoms with Gasteiger partial charge in [0.15, 0.2) is 0 Å². The molecule has 0 radical (unpaired) electrons. The molecule has 0 bridgehead atoms. The van der Waals surface area contributed by atoms with Gasteiger partial charge in [-0.05, 0) is 69.1 Å². The zero-order valence-electron chi connectivity index (χ0n) is 15.8. The molecule has 5 heteroatoms. The SMILES string of the molecule is Cc1ccccc1C(=O)Nc1sc2c(c1C(=O)N1CCCCC1)CCCC2. The number of piperidine rings is 1. The van der Waals surface area contributed by atoms with Crippen molar-refractivity contribution in [2.45, 2.75) is 51.9 Å². The number of aryl methyl sites for hydroxylation is 2. The molecule has 1 aromatic carbocycles. The zero-order chi connectivity index (χ0) is 18.8. The predicted molar refractivity (Wildman–Crippen MR) is 110 cm³/mol. The van der Waals surface area contributed by atoms with Crippen LogP contribution in [0.1, 0.15) is 68.8 Å². The molecule has 1 N–H and O–H groups in total. The normalized spacial score (nSPS) is 16.7. The van der Waals surface area contributed by atoms with Crippen molar-refractivity contribution >= 4 is 28.2 Å². The van der Waals surface area contributed by atoms with Crippen molar-refractivity contribution in [1.82, 2.24) is 4.90 Å². The fraction of sp³-hybridized carbons (Fsp3) is 0.455. The molecule has 2 aliphatic rings. The van der Waals surface area contributed by atoms with E-state index in [0.29, 0.717) is 5.56 Å². The van der Waals surface area contributed by atoms with Crippen molar-refractivity contribution in [3.8, 4) is 0 Å². The summed E-state index contributed by atoms with van der Waals surface area (Å²) in [5.41, 5.74) is 3.56. The van der Waals surface area contributed by atoms with E-state index >= 15 is 0 Å². The lowest BCUT2D eigenvalue weighted by Gasteiger charge is -2.27. The molecular weight excluding hydrogens is 356 g/mol. The third-order valence-electron chi connectivity index (χ3n) is 5.65. The van der Waals surface area contributed by atoms with Crippen molar-refractivity contribution in [2.24, 2.45) is 0 Å². The van der Waals surface area contributed by atoms with Crippen LogP contribution in [-0.4, -0.2) is 29.8 Å². The Hall–Kier alpha value is -2.14. The van der Waals surface area contributed by atoms with Gasteiger partial charge in [-0.25, -0.2) is 0 Å². The Morgan fingerprint density at radius 3 is 2.52 bits per heavy atom. The van der Waals surface area contributed by atoms with E-state index in [2.05, 4.69) is 5.32 Å². The lowest BCUT2D eigenvalue weighted by Crippen LogP contribution is -2.36. The molecular formula is C22H26N2O2S. The van der Waals surface area contributed by atoms with Crippen molar-refractivity contribution < 1.29 is 9.59 Å². The molecule has 0 saturated carbocycles. The smallest absolute Gasteiger partial charge is 0.257 e. The molecule has 0 spiro atoms. The number of amides is 2. The van der Waals surface area contributed by atoms with Crippen LogP contribution in [0.2, 0.25) is 0 Å². The van der Waals surface area contributed by atoms with Gasteiger partial charge >= 0.3 is 0 Å². The number of likely N-dealkylation sites (tertiary alicyclic amines) is 1. The maximum atomic E-state index is 13.3. The molecule has 27 heavy (non-hydrogen) atoms. The summed E-state index contributed by atoms with van der Waals surface area (Å²) < 4.78 is 0. The molecule has 2 amide bonds. The third-order valence-corrected chi connectivity index (χ3v) is 6.85. The van der Waals surface area contributed by atoms with E-state index in [-0.39, 0.29) is 11.8 Å². The number of carbonyl (C=O) groups excluding carboxylic acids is 2.